The van der Waals surface area contributed by atoms with E-state index in [1.165, 1.54) is 18.3 Å². The second kappa shape index (κ2) is 16.5. The van der Waals surface area contributed by atoms with Crippen LogP contribution in [0.3, 0.4) is 0 Å². The van der Waals surface area contributed by atoms with Crippen molar-refractivity contribution < 1.29 is 28.3 Å². The summed E-state index contributed by atoms with van der Waals surface area (Å²) in [6.45, 7) is 14.0. The van der Waals surface area contributed by atoms with Crippen LogP contribution in [0.2, 0.25) is 5.02 Å². The minimum absolute atomic E-state index is 0.121. The van der Waals surface area contributed by atoms with E-state index in [1.807, 2.05) is 0 Å². The highest BCUT2D eigenvalue weighted by atomic mass is 35.5. The fraction of sp³-hybridized carbons (Fsp3) is 0.500. The number of benzene rings is 2. The second-order valence-corrected chi connectivity index (χ2v) is 17.3. The van der Waals surface area contributed by atoms with Gasteiger partial charge in [-0.1, -0.05) is 39.3 Å². The third-order valence-electron chi connectivity index (χ3n) is 12.2. The number of amides is 4. The van der Waals surface area contributed by atoms with Crippen LogP contribution in [0, 0.1) is 33.9 Å². The zero-order chi connectivity index (χ0) is 41.4. The Bertz CT molecular complexity index is 2090. The predicted molar refractivity (Wildman–Crippen MR) is 215 cm³/mol. The van der Waals surface area contributed by atoms with Crippen molar-refractivity contribution in [3.8, 4) is 11.8 Å². The number of nitrogens with one attached hydrogen (secondary N) is 3. The van der Waals surface area contributed by atoms with Crippen LogP contribution in [-0.4, -0.2) is 102 Å². The third-order valence-corrected chi connectivity index (χ3v) is 12.5. The summed E-state index contributed by atoms with van der Waals surface area (Å²) in [6.07, 6.45) is 5.30. The summed E-state index contributed by atoms with van der Waals surface area (Å²) >= 11 is 6.23. The largest absolute Gasteiger partial charge is 0.489 e. The van der Waals surface area contributed by atoms with Gasteiger partial charge in [0.25, 0.3) is 11.8 Å². The van der Waals surface area contributed by atoms with Gasteiger partial charge < -0.3 is 25.2 Å². The molecule has 0 bridgehead atoms. The number of hydrogen-bond donors (Lipinski definition) is 3. The van der Waals surface area contributed by atoms with Crippen LogP contribution >= 0.6 is 11.6 Å². The number of piperazine rings is 1. The highest BCUT2D eigenvalue weighted by Gasteiger charge is 2.64. The van der Waals surface area contributed by atoms with Crippen LogP contribution < -0.4 is 30.5 Å². The van der Waals surface area contributed by atoms with Crippen LogP contribution in [0.4, 0.5) is 15.9 Å². The molecule has 1 saturated carbocycles. The summed E-state index contributed by atoms with van der Waals surface area (Å²) in [5, 5.41) is 17.4. The van der Waals surface area contributed by atoms with Crippen molar-refractivity contribution >= 4 is 46.7 Å². The molecule has 7 rings (SSSR count). The summed E-state index contributed by atoms with van der Waals surface area (Å²) in [5.74, 6) is -0.759. The molecule has 58 heavy (non-hydrogen) atoms. The zero-order valence-electron chi connectivity index (χ0n) is 33.2. The molecule has 3 aromatic rings. The van der Waals surface area contributed by atoms with E-state index in [-0.39, 0.29) is 48.1 Å². The molecule has 1 aromatic heterocycles. The van der Waals surface area contributed by atoms with Crippen molar-refractivity contribution in [1.82, 2.24) is 30.8 Å². The Balaban J connectivity index is 0.842. The maximum absolute atomic E-state index is 15.1. The Morgan fingerprint density at radius 1 is 0.931 bits per heavy atom. The van der Waals surface area contributed by atoms with Gasteiger partial charge in [-0.25, -0.2) is 14.4 Å². The molecule has 0 radical (unpaired) electrons. The molecule has 306 valence electrons. The number of aromatic nitrogens is 2. The maximum Gasteiger partial charge on any atom is 0.271 e. The van der Waals surface area contributed by atoms with Crippen LogP contribution in [-0.2, 0) is 9.59 Å². The summed E-state index contributed by atoms with van der Waals surface area (Å²) in [7, 11) is 0. The lowest BCUT2D eigenvalue weighted by Gasteiger charge is -2.63. The van der Waals surface area contributed by atoms with Gasteiger partial charge in [0.05, 0.1) is 28.5 Å². The van der Waals surface area contributed by atoms with Crippen LogP contribution in [0.1, 0.15) is 79.8 Å². The molecule has 3 saturated heterocycles. The molecule has 2 aromatic carbocycles. The Hall–Kier alpha value is -5.33. The van der Waals surface area contributed by atoms with Gasteiger partial charge >= 0.3 is 0 Å². The van der Waals surface area contributed by atoms with Gasteiger partial charge in [0, 0.05) is 80.9 Å². The number of nitrogens with zero attached hydrogens (tertiary/aromatic N) is 6. The first-order chi connectivity index (χ1) is 27.6. The lowest BCUT2D eigenvalue weighted by Crippen LogP contribution is -2.74. The summed E-state index contributed by atoms with van der Waals surface area (Å²) in [5.41, 5.74) is 0.393. The molecule has 4 heterocycles. The number of ether oxygens (including phenoxy) is 1. The molecule has 3 N–H and O–H groups in total. The maximum atomic E-state index is 15.1. The first kappa shape index (κ1) is 40.9. The predicted octanol–water partition coefficient (Wildman–Crippen LogP) is 4.33. The normalized spacial score (nSPS) is 23.3. The zero-order valence-corrected chi connectivity index (χ0v) is 33.9. The Kier molecular flexibility index (Phi) is 11.6. The van der Waals surface area contributed by atoms with Crippen molar-refractivity contribution in [2.75, 3.05) is 55.6 Å². The highest BCUT2D eigenvalue weighted by molar-refractivity contribution is 6.31. The fourth-order valence-corrected chi connectivity index (χ4v) is 9.47. The van der Waals surface area contributed by atoms with E-state index in [0.717, 1.165) is 64.5 Å². The van der Waals surface area contributed by atoms with E-state index < -0.39 is 34.5 Å². The highest BCUT2D eigenvalue weighted by Crippen LogP contribution is 2.55. The van der Waals surface area contributed by atoms with Crippen molar-refractivity contribution in [1.29, 1.82) is 5.26 Å². The fourth-order valence-electron chi connectivity index (χ4n) is 9.25. The lowest BCUT2D eigenvalue weighted by atomic mass is 9.49. The number of carbonyl (C=O) groups excluding carboxylic acids is 4. The topological polar surface area (TPSA) is 173 Å². The van der Waals surface area contributed by atoms with Gasteiger partial charge in [-0.2, -0.15) is 5.26 Å². The number of imide groups is 1. The summed E-state index contributed by atoms with van der Waals surface area (Å²) in [6, 6.07) is 10.6. The molecule has 4 fully saturated rings. The van der Waals surface area contributed by atoms with Gasteiger partial charge in [0.2, 0.25) is 11.8 Å². The molecule has 4 aliphatic rings. The van der Waals surface area contributed by atoms with Crippen LogP contribution in [0.25, 0.3) is 0 Å². The first-order valence-corrected chi connectivity index (χ1v) is 20.2. The van der Waals surface area contributed by atoms with Crippen molar-refractivity contribution in [2.24, 2.45) is 16.7 Å². The number of nitriles is 1. The number of piperidine rings is 2. The summed E-state index contributed by atoms with van der Waals surface area (Å²) < 4.78 is 21.4. The van der Waals surface area contributed by atoms with Crippen LogP contribution in [0.5, 0.6) is 5.75 Å². The second-order valence-electron chi connectivity index (χ2n) is 16.9. The lowest BCUT2D eigenvalue weighted by molar-refractivity contribution is -0.164. The minimum atomic E-state index is -0.870. The average Bonchev–Trinajstić information content (AvgIpc) is 3.20. The molecule has 1 unspecified atom stereocenters. The minimum Gasteiger partial charge on any atom is -0.489 e. The Labute approximate surface area is 342 Å². The Morgan fingerprint density at radius 2 is 1.66 bits per heavy atom. The van der Waals surface area contributed by atoms with Gasteiger partial charge in [-0.3, -0.25) is 29.4 Å². The molecule has 1 atom stereocenters. The van der Waals surface area contributed by atoms with E-state index in [9.17, 15) is 24.4 Å². The van der Waals surface area contributed by atoms with Gasteiger partial charge in [-0.15, -0.1) is 0 Å². The molecule has 1 aliphatic carbocycles. The van der Waals surface area contributed by atoms with E-state index in [2.05, 4.69) is 74.4 Å². The number of hydrogen-bond acceptors (Lipinski definition) is 11. The smallest absolute Gasteiger partial charge is 0.271 e. The van der Waals surface area contributed by atoms with E-state index in [0.29, 0.717) is 27.9 Å². The van der Waals surface area contributed by atoms with Gasteiger partial charge in [0.1, 0.15) is 41.3 Å². The molecular formula is C42H49ClFN9O5. The summed E-state index contributed by atoms with van der Waals surface area (Å²) in [4.78, 5) is 65.4. The van der Waals surface area contributed by atoms with Gasteiger partial charge in [0.15, 0.2) is 0 Å². The Morgan fingerprint density at radius 3 is 2.28 bits per heavy atom. The molecule has 14 nitrogen and oxygen atoms in total. The van der Waals surface area contributed by atoms with E-state index in [4.69, 9.17) is 16.3 Å². The third kappa shape index (κ3) is 8.44. The van der Waals surface area contributed by atoms with Crippen molar-refractivity contribution in [3.63, 3.8) is 0 Å². The number of carbonyl (C=O) groups is 4. The standard InChI is InChI=1S/C42H49ClFN9O5/c1-41(2)39(42(3,4)40(41)58-28-7-5-26(21-45)30(43)20-28)50-38(57)33-22-47-34(23-46-33)53-13-11-25(12-14-53)24-51-15-17-52(18-16-51)27-6-8-29(31(44)19-27)36(55)48-32-9-10-35(54)49-37(32)56/h5-8,19-20,22-23,25,32,39-40H,9-18,24H2,1-4H3,(H,48,55)(H,50,57)(H,49,54,56)/t32?,39-,40-. The average molecular weight is 814 g/mol. The molecular weight excluding hydrogens is 765 g/mol. The van der Waals surface area contributed by atoms with Crippen molar-refractivity contribution in [3.05, 3.63) is 76.5 Å². The van der Waals surface area contributed by atoms with E-state index in [1.54, 1.807) is 30.5 Å². The SMILES string of the molecule is CC1(C)[C@H](NC(=O)c2cnc(N3CCC(CN4CCN(c5ccc(C(=O)NC6CCC(=O)NC6=O)c(F)c5)CC4)CC3)cn2)C(C)(C)[C@H]1Oc1ccc(C#N)c(Cl)c1. The van der Waals surface area contributed by atoms with Crippen LogP contribution in [0.15, 0.2) is 48.8 Å². The molecule has 0 spiro atoms. The van der Waals surface area contributed by atoms with Gasteiger partial charge in [-0.05, 0) is 55.5 Å². The number of halogens is 2. The number of anilines is 2. The first-order valence-electron chi connectivity index (χ1n) is 19.8. The van der Waals surface area contributed by atoms with Crippen molar-refractivity contribution in [2.45, 2.75) is 71.6 Å². The quantitative estimate of drug-likeness (QED) is 0.249. The monoisotopic (exact) mass is 813 g/mol. The van der Waals surface area contributed by atoms with E-state index >= 15 is 4.39 Å². The molecule has 3 aliphatic heterocycles. The molecule has 4 amide bonds. The molecule has 16 heteroatoms. The number of rotatable bonds is 10.